The van der Waals surface area contributed by atoms with E-state index < -0.39 is 0 Å². The van der Waals surface area contributed by atoms with Crippen LogP contribution in [0.25, 0.3) is 0 Å². The number of hydrogen-bond donors (Lipinski definition) is 1. The highest BCUT2D eigenvalue weighted by Crippen LogP contribution is 2.26. The smallest absolute Gasteiger partial charge is 0.232 e. The molecule has 2 aromatic rings. The Labute approximate surface area is 126 Å². The van der Waals surface area contributed by atoms with Crippen LogP contribution in [0.15, 0.2) is 18.2 Å². The van der Waals surface area contributed by atoms with Gasteiger partial charge in [-0.05, 0) is 64.0 Å². The van der Waals surface area contributed by atoms with E-state index in [2.05, 4.69) is 42.9 Å². The average Bonchev–Trinajstić information content (AvgIpc) is 2.21. The van der Waals surface area contributed by atoms with E-state index in [1.54, 1.807) is 0 Å². The standard InChI is InChI=1S/C9H4Cl3IN4/c10-5-3-4(13)1-2-6(5)14-9-16-7(11)15-8(12)17-9/h1-3H,(H,14,15,16,17). The quantitative estimate of drug-likeness (QED) is 0.767. The van der Waals surface area contributed by atoms with E-state index >= 15 is 0 Å². The monoisotopic (exact) mass is 400 g/mol. The van der Waals surface area contributed by atoms with Crippen molar-refractivity contribution in [3.05, 3.63) is 37.4 Å². The highest BCUT2D eigenvalue weighted by molar-refractivity contribution is 14.1. The first-order valence-electron chi connectivity index (χ1n) is 4.34. The minimum Gasteiger partial charge on any atom is -0.323 e. The van der Waals surface area contributed by atoms with Crippen LogP contribution in [0.5, 0.6) is 0 Å². The summed E-state index contributed by atoms with van der Waals surface area (Å²) in [6.45, 7) is 0. The fourth-order valence-corrected chi connectivity index (χ4v) is 2.36. The molecule has 4 nitrogen and oxygen atoms in total. The Kier molecular flexibility index (Phi) is 4.24. The predicted molar refractivity (Wildman–Crippen MR) is 77.3 cm³/mol. The van der Waals surface area contributed by atoms with Crippen molar-refractivity contribution in [2.75, 3.05) is 5.32 Å². The van der Waals surface area contributed by atoms with Crippen molar-refractivity contribution in [3.8, 4) is 0 Å². The van der Waals surface area contributed by atoms with Crippen LogP contribution in [0.2, 0.25) is 15.6 Å². The molecule has 0 amide bonds. The van der Waals surface area contributed by atoms with Gasteiger partial charge in [-0.2, -0.15) is 15.0 Å². The van der Waals surface area contributed by atoms with Crippen LogP contribution in [0.4, 0.5) is 11.6 Å². The first-order chi connectivity index (χ1) is 8.04. The highest BCUT2D eigenvalue weighted by atomic mass is 127. The first-order valence-corrected chi connectivity index (χ1v) is 6.55. The van der Waals surface area contributed by atoms with Gasteiger partial charge in [0, 0.05) is 3.57 Å². The second-order valence-corrected chi connectivity index (χ2v) is 5.28. The van der Waals surface area contributed by atoms with E-state index in [1.165, 1.54) is 0 Å². The van der Waals surface area contributed by atoms with Crippen molar-refractivity contribution in [3.63, 3.8) is 0 Å². The fraction of sp³-hybridized carbons (Fsp3) is 0. The molecule has 8 heteroatoms. The lowest BCUT2D eigenvalue weighted by atomic mass is 10.3. The summed E-state index contributed by atoms with van der Waals surface area (Å²) in [7, 11) is 0. The van der Waals surface area contributed by atoms with Crippen molar-refractivity contribution in [2.45, 2.75) is 0 Å². The van der Waals surface area contributed by atoms with Gasteiger partial charge in [-0.25, -0.2) is 0 Å². The van der Waals surface area contributed by atoms with E-state index in [-0.39, 0.29) is 16.5 Å². The van der Waals surface area contributed by atoms with Gasteiger partial charge in [0.1, 0.15) is 0 Å². The average molecular weight is 401 g/mol. The van der Waals surface area contributed by atoms with Crippen molar-refractivity contribution in [1.82, 2.24) is 15.0 Å². The van der Waals surface area contributed by atoms with E-state index in [0.717, 1.165) is 3.57 Å². The van der Waals surface area contributed by atoms with Gasteiger partial charge in [-0.1, -0.05) is 11.6 Å². The second kappa shape index (κ2) is 5.51. The predicted octanol–water partition coefficient (Wildman–Crippen LogP) is 4.18. The lowest BCUT2D eigenvalue weighted by molar-refractivity contribution is 1.05. The Morgan fingerprint density at radius 2 is 1.65 bits per heavy atom. The maximum absolute atomic E-state index is 6.05. The van der Waals surface area contributed by atoms with E-state index in [0.29, 0.717) is 10.7 Å². The molecule has 0 radical (unpaired) electrons. The minimum atomic E-state index is 0.0223. The number of nitrogens with zero attached hydrogens (tertiary/aromatic N) is 3. The Morgan fingerprint density at radius 1 is 1.00 bits per heavy atom. The lowest BCUT2D eigenvalue weighted by Gasteiger charge is -2.07. The van der Waals surface area contributed by atoms with Crippen LogP contribution in [-0.2, 0) is 0 Å². The third-order valence-corrected chi connectivity index (χ3v) is 3.08. The number of anilines is 2. The van der Waals surface area contributed by atoms with Gasteiger partial charge in [-0.15, -0.1) is 0 Å². The molecule has 0 unspecified atom stereocenters. The second-order valence-electron chi connectivity index (χ2n) is 2.95. The minimum absolute atomic E-state index is 0.0223. The number of rotatable bonds is 2. The van der Waals surface area contributed by atoms with Crippen LogP contribution in [0, 0.1) is 3.57 Å². The molecular weight excluding hydrogens is 397 g/mol. The topological polar surface area (TPSA) is 50.7 Å². The van der Waals surface area contributed by atoms with Gasteiger partial charge in [0.2, 0.25) is 16.5 Å². The summed E-state index contributed by atoms with van der Waals surface area (Å²) in [6.07, 6.45) is 0. The Balaban J connectivity index is 2.31. The zero-order chi connectivity index (χ0) is 12.4. The third-order valence-electron chi connectivity index (χ3n) is 1.76. The number of hydrogen-bond acceptors (Lipinski definition) is 4. The zero-order valence-corrected chi connectivity index (χ0v) is 12.5. The lowest BCUT2D eigenvalue weighted by Crippen LogP contribution is -1.99. The number of halogens is 4. The molecule has 1 heterocycles. The highest BCUT2D eigenvalue weighted by Gasteiger charge is 2.06. The van der Waals surface area contributed by atoms with Crippen LogP contribution >= 0.6 is 57.4 Å². The molecule has 1 N–H and O–H groups in total. The molecule has 0 aliphatic heterocycles. The van der Waals surface area contributed by atoms with Crippen LogP contribution in [0.3, 0.4) is 0 Å². The molecule has 0 aliphatic carbocycles. The molecule has 2 rings (SSSR count). The summed E-state index contributed by atoms with van der Waals surface area (Å²) in [5.74, 6) is 0.248. The first kappa shape index (κ1) is 13.1. The summed E-state index contributed by atoms with van der Waals surface area (Å²) < 4.78 is 1.03. The van der Waals surface area contributed by atoms with Crippen LogP contribution < -0.4 is 5.32 Å². The maximum Gasteiger partial charge on any atom is 0.232 e. The molecule has 0 bridgehead atoms. The van der Waals surface area contributed by atoms with E-state index in [9.17, 15) is 0 Å². The summed E-state index contributed by atoms with van der Waals surface area (Å²) in [6, 6.07) is 5.53. The van der Waals surface area contributed by atoms with E-state index in [1.807, 2.05) is 18.2 Å². The summed E-state index contributed by atoms with van der Waals surface area (Å²) in [5.41, 5.74) is 0.672. The summed E-state index contributed by atoms with van der Waals surface area (Å²) >= 11 is 19.5. The molecule has 0 aliphatic rings. The molecule has 0 saturated carbocycles. The molecule has 1 aromatic heterocycles. The van der Waals surface area contributed by atoms with Crippen molar-refractivity contribution >= 4 is 69.0 Å². The fourth-order valence-electron chi connectivity index (χ4n) is 1.09. The SMILES string of the molecule is Clc1nc(Cl)nc(Nc2ccc(I)cc2Cl)n1. The van der Waals surface area contributed by atoms with Gasteiger partial charge >= 0.3 is 0 Å². The largest absolute Gasteiger partial charge is 0.323 e. The Bertz CT molecular complexity index is 544. The maximum atomic E-state index is 6.05. The van der Waals surface area contributed by atoms with E-state index in [4.69, 9.17) is 34.8 Å². The zero-order valence-electron chi connectivity index (χ0n) is 8.09. The van der Waals surface area contributed by atoms with Gasteiger partial charge in [0.05, 0.1) is 10.7 Å². The van der Waals surface area contributed by atoms with Gasteiger partial charge < -0.3 is 5.32 Å². The summed E-state index contributed by atoms with van der Waals surface area (Å²) in [5, 5.41) is 3.52. The van der Waals surface area contributed by atoms with Crippen molar-refractivity contribution in [1.29, 1.82) is 0 Å². The molecule has 0 atom stereocenters. The molecular formula is C9H4Cl3IN4. The van der Waals surface area contributed by atoms with Crippen LogP contribution in [-0.4, -0.2) is 15.0 Å². The van der Waals surface area contributed by atoms with Crippen molar-refractivity contribution in [2.24, 2.45) is 0 Å². The number of aromatic nitrogens is 3. The van der Waals surface area contributed by atoms with Gasteiger partial charge in [0.25, 0.3) is 0 Å². The Hall–Kier alpha value is -0.370. The normalized spacial score (nSPS) is 10.4. The molecule has 0 saturated heterocycles. The van der Waals surface area contributed by atoms with Crippen molar-refractivity contribution < 1.29 is 0 Å². The molecule has 0 spiro atoms. The van der Waals surface area contributed by atoms with Crippen LogP contribution in [0.1, 0.15) is 0 Å². The molecule has 17 heavy (non-hydrogen) atoms. The summed E-state index contributed by atoms with van der Waals surface area (Å²) in [4.78, 5) is 11.4. The van der Waals surface area contributed by atoms with Gasteiger partial charge in [0.15, 0.2) is 0 Å². The molecule has 88 valence electrons. The Morgan fingerprint density at radius 3 is 2.24 bits per heavy atom. The van der Waals surface area contributed by atoms with Gasteiger partial charge in [-0.3, -0.25) is 0 Å². The number of nitrogens with one attached hydrogen (secondary N) is 1. The molecule has 1 aromatic carbocycles. The third kappa shape index (κ3) is 3.54. The number of benzene rings is 1. The molecule has 0 fully saturated rings.